The largest absolute Gasteiger partial charge is 0.465 e. The van der Waals surface area contributed by atoms with Gasteiger partial charge in [-0.25, -0.2) is 9.59 Å². The van der Waals surface area contributed by atoms with E-state index >= 15 is 0 Å². The number of nitrogens with one attached hydrogen (secondary N) is 2. The standard InChI is InChI=1S/C60H68N4O6S2/c1-57(2,3)63(55(67)68)51(43-71-59(45-29-15-9-16-30-45,46-31-17-10-18-32-46)47-33-19-11-20-34-47)53(65)61-41-27-7-8-28-42-62-54(66)52(64(56(69)70)58(4,5)6)44-72-60(48-35-21-12-22-36-48,49-37-23-13-24-38-49)50-39-25-14-26-40-50/h7-26,29-40,51-52H,27-28,41-44H2,1-6H3,(H,61,65)(H,62,66)(H,67,68)(H,69,70)/b8-7+/t51-,52-/m0/s1. The summed E-state index contributed by atoms with van der Waals surface area (Å²) in [5.41, 5.74) is 4.24. The Morgan fingerprint density at radius 3 is 0.847 bits per heavy atom. The topological polar surface area (TPSA) is 139 Å². The van der Waals surface area contributed by atoms with Crippen molar-refractivity contribution in [2.45, 2.75) is 87.0 Å². The number of benzene rings is 6. The molecule has 0 aliphatic heterocycles. The fourth-order valence-electron chi connectivity index (χ4n) is 9.28. The third-order valence-electron chi connectivity index (χ3n) is 12.5. The smallest absolute Gasteiger partial charge is 0.408 e. The lowest BCUT2D eigenvalue weighted by atomic mass is 9.84. The van der Waals surface area contributed by atoms with Crippen molar-refractivity contribution in [2.75, 3.05) is 24.6 Å². The number of thioether (sulfide) groups is 2. The third-order valence-corrected chi connectivity index (χ3v) is 15.7. The average Bonchev–Trinajstić information content (AvgIpc) is 3.37. The van der Waals surface area contributed by atoms with Crippen molar-refractivity contribution >= 4 is 47.5 Å². The quantitative estimate of drug-likeness (QED) is 0.0300. The van der Waals surface area contributed by atoms with E-state index in [0.29, 0.717) is 12.8 Å². The van der Waals surface area contributed by atoms with Crippen molar-refractivity contribution in [3.63, 3.8) is 0 Å². The van der Waals surface area contributed by atoms with Gasteiger partial charge < -0.3 is 20.8 Å². The van der Waals surface area contributed by atoms with Crippen molar-refractivity contribution in [2.24, 2.45) is 0 Å². The van der Waals surface area contributed by atoms with Crippen LogP contribution in [0.25, 0.3) is 0 Å². The molecule has 6 aromatic rings. The molecule has 376 valence electrons. The number of hydrogen-bond acceptors (Lipinski definition) is 6. The maximum absolute atomic E-state index is 14.3. The zero-order chi connectivity index (χ0) is 51.8. The van der Waals surface area contributed by atoms with Crippen molar-refractivity contribution in [1.82, 2.24) is 20.4 Å². The van der Waals surface area contributed by atoms with Crippen molar-refractivity contribution < 1.29 is 29.4 Å². The monoisotopic (exact) mass is 1000 g/mol. The molecule has 6 aromatic carbocycles. The Bertz CT molecular complexity index is 2300. The van der Waals surface area contributed by atoms with Crippen LogP contribution in [0.5, 0.6) is 0 Å². The van der Waals surface area contributed by atoms with E-state index in [1.165, 1.54) is 33.3 Å². The number of amides is 4. The average molecular weight is 1010 g/mol. The van der Waals surface area contributed by atoms with Crippen LogP contribution in [-0.4, -0.2) is 91.8 Å². The molecule has 2 atom stereocenters. The van der Waals surface area contributed by atoms with Gasteiger partial charge in [0.1, 0.15) is 12.1 Å². The van der Waals surface area contributed by atoms with E-state index in [0.717, 1.165) is 33.4 Å². The Hall–Kier alpha value is -6.76. The summed E-state index contributed by atoms with van der Waals surface area (Å²) in [4.78, 5) is 57.2. The van der Waals surface area contributed by atoms with Gasteiger partial charge in [-0.15, -0.1) is 23.5 Å². The summed E-state index contributed by atoms with van der Waals surface area (Å²) in [6.07, 6.45) is 2.38. The summed E-state index contributed by atoms with van der Waals surface area (Å²) in [5, 5.41) is 27.3. The minimum Gasteiger partial charge on any atom is -0.465 e. The first-order valence-corrected chi connectivity index (χ1v) is 26.3. The molecule has 0 unspecified atom stereocenters. The van der Waals surface area contributed by atoms with Crippen LogP contribution in [0.3, 0.4) is 0 Å². The maximum atomic E-state index is 14.3. The van der Waals surface area contributed by atoms with E-state index in [1.807, 2.05) is 121 Å². The Labute approximate surface area is 434 Å². The highest BCUT2D eigenvalue weighted by atomic mass is 32.2. The molecule has 12 heteroatoms. The highest BCUT2D eigenvalue weighted by Crippen LogP contribution is 2.50. The Morgan fingerprint density at radius 2 is 0.653 bits per heavy atom. The lowest BCUT2D eigenvalue weighted by molar-refractivity contribution is -0.127. The van der Waals surface area contributed by atoms with Crippen LogP contribution in [0.15, 0.2) is 194 Å². The molecule has 0 saturated heterocycles. The van der Waals surface area contributed by atoms with Crippen molar-refractivity contribution in [3.8, 4) is 0 Å². The minimum atomic E-state index is -1.19. The summed E-state index contributed by atoms with van der Waals surface area (Å²) in [5.74, 6) is -0.484. The van der Waals surface area contributed by atoms with Gasteiger partial charge in [0.25, 0.3) is 0 Å². The fourth-order valence-corrected chi connectivity index (χ4v) is 12.5. The molecule has 0 saturated carbocycles. The first kappa shape index (κ1) is 54.6. The number of hydrogen-bond donors (Lipinski definition) is 4. The van der Waals surface area contributed by atoms with Crippen LogP contribution in [0, 0.1) is 0 Å². The van der Waals surface area contributed by atoms with Crippen LogP contribution < -0.4 is 10.6 Å². The van der Waals surface area contributed by atoms with E-state index in [9.17, 15) is 29.4 Å². The van der Waals surface area contributed by atoms with Crippen LogP contribution in [0.1, 0.15) is 87.8 Å². The Morgan fingerprint density at radius 1 is 0.431 bits per heavy atom. The molecule has 0 radical (unpaired) electrons. The van der Waals surface area contributed by atoms with E-state index < -0.39 is 56.7 Å². The first-order chi connectivity index (χ1) is 34.5. The first-order valence-electron chi connectivity index (χ1n) is 24.4. The molecular weight excluding hydrogens is 937 g/mol. The lowest BCUT2D eigenvalue weighted by Crippen LogP contribution is -2.58. The highest BCUT2D eigenvalue weighted by Gasteiger charge is 2.44. The maximum Gasteiger partial charge on any atom is 0.408 e. The molecule has 0 heterocycles. The van der Waals surface area contributed by atoms with Crippen LogP contribution in [0.4, 0.5) is 9.59 Å². The number of carbonyl (C=O) groups excluding carboxylic acids is 2. The molecule has 0 spiro atoms. The van der Waals surface area contributed by atoms with Crippen LogP contribution in [0.2, 0.25) is 0 Å². The fraction of sp³-hybridized carbons (Fsp3) is 0.300. The zero-order valence-corrected chi connectivity index (χ0v) is 43.7. The van der Waals surface area contributed by atoms with E-state index in [-0.39, 0.29) is 24.6 Å². The molecule has 0 bridgehead atoms. The Balaban J connectivity index is 1.15. The summed E-state index contributed by atoms with van der Waals surface area (Å²) >= 11 is 3.08. The lowest BCUT2D eigenvalue weighted by Gasteiger charge is -2.41. The normalized spacial score (nSPS) is 12.9. The van der Waals surface area contributed by atoms with E-state index in [2.05, 4.69) is 83.4 Å². The van der Waals surface area contributed by atoms with Gasteiger partial charge >= 0.3 is 12.2 Å². The molecule has 0 fully saturated rings. The van der Waals surface area contributed by atoms with Gasteiger partial charge in [-0.3, -0.25) is 19.4 Å². The molecule has 0 aliphatic carbocycles. The van der Waals surface area contributed by atoms with Crippen LogP contribution in [-0.2, 0) is 19.1 Å². The molecular formula is C60H68N4O6S2. The van der Waals surface area contributed by atoms with E-state index in [1.54, 1.807) is 41.5 Å². The van der Waals surface area contributed by atoms with Gasteiger partial charge in [0.05, 0.1) is 9.49 Å². The second-order valence-corrected chi connectivity index (χ2v) is 22.0. The molecule has 0 aliphatic rings. The van der Waals surface area contributed by atoms with Crippen LogP contribution >= 0.6 is 23.5 Å². The van der Waals surface area contributed by atoms with Gasteiger partial charge in [0, 0.05) is 35.7 Å². The third kappa shape index (κ3) is 13.2. The second kappa shape index (κ2) is 25.1. The summed E-state index contributed by atoms with van der Waals surface area (Å²) in [6, 6.07) is 58.5. The van der Waals surface area contributed by atoms with Gasteiger partial charge in [-0.05, 0) is 87.8 Å². The summed E-state index contributed by atoms with van der Waals surface area (Å²) in [7, 11) is 0. The summed E-state index contributed by atoms with van der Waals surface area (Å²) < 4.78 is -1.53. The number of rotatable bonds is 22. The van der Waals surface area contributed by atoms with Crippen molar-refractivity contribution in [1.29, 1.82) is 0 Å². The van der Waals surface area contributed by atoms with Gasteiger partial charge in [-0.2, -0.15) is 0 Å². The predicted molar refractivity (Wildman–Crippen MR) is 295 cm³/mol. The molecule has 4 amide bonds. The van der Waals surface area contributed by atoms with Crippen molar-refractivity contribution in [3.05, 3.63) is 228 Å². The molecule has 6 rings (SSSR count). The number of carboxylic acid groups (broad SMARTS) is 2. The minimum absolute atomic E-state index is 0.156. The highest BCUT2D eigenvalue weighted by molar-refractivity contribution is 8.01. The predicted octanol–water partition coefficient (Wildman–Crippen LogP) is 12.3. The van der Waals surface area contributed by atoms with E-state index in [4.69, 9.17) is 0 Å². The van der Waals surface area contributed by atoms with Gasteiger partial charge in [0.15, 0.2) is 0 Å². The Kier molecular flexibility index (Phi) is 19.0. The SMILES string of the molecule is CC(C)(C)N(C(=O)O)[C@@H](CSC(c1ccccc1)(c1ccccc1)c1ccccc1)C(=O)NCC/C=C/CCNC(=O)[C@H](CSC(c1ccccc1)(c1ccccc1)c1ccccc1)N(C(=O)O)C(C)(C)C. The van der Waals surface area contributed by atoms with Gasteiger partial charge in [0.2, 0.25) is 11.8 Å². The summed E-state index contributed by atoms with van der Waals surface area (Å²) in [6.45, 7) is 11.3. The number of carbonyl (C=O) groups is 4. The number of nitrogens with zero attached hydrogens (tertiary/aromatic N) is 2. The van der Waals surface area contributed by atoms with Gasteiger partial charge in [-0.1, -0.05) is 194 Å². The molecule has 10 nitrogen and oxygen atoms in total. The molecule has 0 aromatic heterocycles. The zero-order valence-electron chi connectivity index (χ0n) is 42.1. The second-order valence-electron chi connectivity index (χ2n) is 19.5. The molecule has 72 heavy (non-hydrogen) atoms. The molecule has 4 N–H and O–H groups in total.